The van der Waals surface area contributed by atoms with Gasteiger partial charge in [0.2, 0.25) is 0 Å². The summed E-state index contributed by atoms with van der Waals surface area (Å²) >= 11 is 3.11. The van der Waals surface area contributed by atoms with Crippen molar-refractivity contribution in [2.75, 3.05) is 11.9 Å². The summed E-state index contributed by atoms with van der Waals surface area (Å²) in [6.07, 6.45) is -0.750. The minimum Gasteiger partial charge on any atom is -0.462 e. The van der Waals surface area contributed by atoms with Crippen molar-refractivity contribution in [2.45, 2.75) is 33.3 Å². The number of benzene rings is 1. The molecule has 0 aliphatic carbocycles. The van der Waals surface area contributed by atoms with Crippen LogP contribution in [-0.2, 0) is 9.47 Å². The zero-order valence-electron chi connectivity index (χ0n) is 12.3. The Morgan fingerprint density at radius 3 is 2.48 bits per heavy atom. The van der Waals surface area contributed by atoms with Crippen molar-refractivity contribution < 1.29 is 23.5 Å². The van der Waals surface area contributed by atoms with Crippen LogP contribution in [-0.4, -0.2) is 24.3 Å². The van der Waals surface area contributed by atoms with Crippen molar-refractivity contribution in [2.24, 2.45) is 0 Å². The van der Waals surface area contributed by atoms with E-state index in [1.54, 1.807) is 27.7 Å². The summed E-state index contributed by atoms with van der Waals surface area (Å²) in [7, 11) is 0. The third-order valence-electron chi connectivity index (χ3n) is 2.18. The molecule has 0 fully saturated rings. The fourth-order valence-electron chi connectivity index (χ4n) is 1.48. The average molecular weight is 362 g/mol. The molecule has 0 atom stereocenters. The zero-order chi connectivity index (χ0) is 16.2. The van der Waals surface area contributed by atoms with Crippen LogP contribution in [0.1, 0.15) is 38.1 Å². The molecular weight excluding hydrogens is 345 g/mol. The van der Waals surface area contributed by atoms with Crippen LogP contribution in [0.5, 0.6) is 0 Å². The van der Waals surface area contributed by atoms with E-state index < -0.39 is 23.5 Å². The standard InChI is InChI=1S/C14H17BrFNO4/c1-5-20-12(18)9-6-8(16)7-10(15)11(9)17-13(19)21-14(2,3)4/h6-7H,5H2,1-4H3,(H,17,19). The summed E-state index contributed by atoms with van der Waals surface area (Å²) in [4.78, 5) is 23.6. The highest BCUT2D eigenvalue weighted by atomic mass is 79.9. The lowest BCUT2D eigenvalue weighted by Crippen LogP contribution is -2.28. The van der Waals surface area contributed by atoms with Crippen LogP contribution in [0.4, 0.5) is 14.9 Å². The normalized spacial score (nSPS) is 11.0. The van der Waals surface area contributed by atoms with E-state index in [4.69, 9.17) is 9.47 Å². The summed E-state index contributed by atoms with van der Waals surface area (Å²) < 4.78 is 23.6. The molecular formula is C14H17BrFNO4. The van der Waals surface area contributed by atoms with Crippen LogP contribution in [0.2, 0.25) is 0 Å². The number of ether oxygens (including phenoxy) is 2. The monoisotopic (exact) mass is 361 g/mol. The molecule has 1 N–H and O–H groups in total. The molecule has 0 unspecified atom stereocenters. The van der Waals surface area contributed by atoms with Gasteiger partial charge in [0.15, 0.2) is 0 Å². The summed E-state index contributed by atoms with van der Waals surface area (Å²) in [6, 6.07) is 2.13. The minimum atomic E-state index is -0.750. The third-order valence-corrected chi connectivity index (χ3v) is 2.80. The Balaban J connectivity index is 3.10. The molecule has 0 aromatic heterocycles. The average Bonchev–Trinajstić information content (AvgIpc) is 2.30. The van der Waals surface area contributed by atoms with Gasteiger partial charge in [-0.25, -0.2) is 14.0 Å². The Morgan fingerprint density at radius 2 is 1.95 bits per heavy atom. The second kappa shape index (κ2) is 6.89. The van der Waals surface area contributed by atoms with Crippen molar-refractivity contribution >= 4 is 33.7 Å². The highest BCUT2D eigenvalue weighted by molar-refractivity contribution is 9.10. The molecule has 0 radical (unpaired) electrons. The predicted octanol–water partition coefficient (Wildman–Crippen LogP) is 4.11. The van der Waals surface area contributed by atoms with Gasteiger partial charge in [0.1, 0.15) is 11.4 Å². The topological polar surface area (TPSA) is 64.6 Å². The number of carbonyl (C=O) groups is 2. The van der Waals surface area contributed by atoms with Crippen molar-refractivity contribution in [3.8, 4) is 0 Å². The molecule has 1 aromatic rings. The van der Waals surface area contributed by atoms with Gasteiger partial charge in [-0.05, 0) is 55.8 Å². The Labute approximate surface area is 130 Å². The van der Waals surface area contributed by atoms with E-state index in [0.717, 1.165) is 12.1 Å². The van der Waals surface area contributed by atoms with Gasteiger partial charge in [-0.15, -0.1) is 0 Å². The van der Waals surface area contributed by atoms with Crippen LogP contribution in [0.25, 0.3) is 0 Å². The van der Waals surface area contributed by atoms with Gasteiger partial charge < -0.3 is 9.47 Å². The smallest absolute Gasteiger partial charge is 0.412 e. The van der Waals surface area contributed by atoms with Crippen LogP contribution in [0.3, 0.4) is 0 Å². The van der Waals surface area contributed by atoms with E-state index in [1.807, 2.05) is 0 Å². The zero-order valence-corrected chi connectivity index (χ0v) is 13.8. The van der Waals surface area contributed by atoms with Crippen LogP contribution in [0.15, 0.2) is 16.6 Å². The molecule has 0 saturated carbocycles. The van der Waals surface area contributed by atoms with E-state index in [9.17, 15) is 14.0 Å². The van der Waals surface area contributed by atoms with Gasteiger partial charge in [0.25, 0.3) is 0 Å². The van der Waals surface area contributed by atoms with Gasteiger partial charge >= 0.3 is 12.1 Å². The van der Waals surface area contributed by atoms with Gasteiger partial charge in [-0.1, -0.05) is 0 Å². The SMILES string of the molecule is CCOC(=O)c1cc(F)cc(Br)c1NC(=O)OC(C)(C)C. The number of hydrogen-bond donors (Lipinski definition) is 1. The largest absolute Gasteiger partial charge is 0.462 e. The molecule has 0 spiro atoms. The van der Waals surface area contributed by atoms with Crippen molar-refractivity contribution in [3.63, 3.8) is 0 Å². The lowest BCUT2D eigenvalue weighted by Gasteiger charge is -2.20. The Hall–Kier alpha value is -1.63. The molecule has 0 aliphatic heterocycles. The second-order valence-electron chi connectivity index (χ2n) is 5.16. The molecule has 1 rings (SSSR count). The van der Waals surface area contributed by atoms with E-state index >= 15 is 0 Å². The molecule has 0 saturated heterocycles. The first-order chi connectivity index (χ1) is 9.64. The number of amides is 1. The first-order valence-corrected chi connectivity index (χ1v) is 7.09. The summed E-state index contributed by atoms with van der Waals surface area (Å²) in [6.45, 7) is 6.89. The molecule has 7 heteroatoms. The highest BCUT2D eigenvalue weighted by Crippen LogP contribution is 2.29. The molecule has 5 nitrogen and oxygen atoms in total. The molecule has 116 valence electrons. The predicted molar refractivity (Wildman–Crippen MR) is 79.9 cm³/mol. The number of anilines is 1. The van der Waals surface area contributed by atoms with E-state index in [2.05, 4.69) is 21.2 Å². The van der Waals surface area contributed by atoms with Crippen LogP contribution >= 0.6 is 15.9 Å². The molecule has 1 amide bonds. The van der Waals surface area contributed by atoms with E-state index in [1.165, 1.54) is 0 Å². The number of rotatable bonds is 3. The van der Waals surface area contributed by atoms with E-state index in [-0.39, 0.29) is 22.3 Å². The lowest BCUT2D eigenvalue weighted by atomic mass is 10.1. The minimum absolute atomic E-state index is 0.0883. The Kier molecular flexibility index (Phi) is 5.71. The summed E-state index contributed by atoms with van der Waals surface area (Å²) in [5, 5.41) is 2.43. The molecule has 0 aliphatic rings. The first-order valence-electron chi connectivity index (χ1n) is 6.30. The van der Waals surface area contributed by atoms with E-state index in [0.29, 0.717) is 0 Å². The third kappa shape index (κ3) is 5.34. The summed E-state index contributed by atoms with van der Waals surface area (Å²) in [5.41, 5.74) is -0.681. The van der Waals surface area contributed by atoms with Crippen LogP contribution in [0, 0.1) is 5.82 Å². The maximum Gasteiger partial charge on any atom is 0.412 e. The quantitative estimate of drug-likeness (QED) is 0.822. The molecule has 0 bridgehead atoms. The number of nitrogens with one attached hydrogen (secondary N) is 1. The van der Waals surface area contributed by atoms with Crippen molar-refractivity contribution in [1.82, 2.24) is 0 Å². The highest BCUT2D eigenvalue weighted by Gasteiger charge is 2.22. The number of esters is 1. The Bertz CT molecular complexity index is 555. The molecule has 1 aromatic carbocycles. The van der Waals surface area contributed by atoms with Gasteiger partial charge in [-0.2, -0.15) is 0 Å². The van der Waals surface area contributed by atoms with Gasteiger partial charge in [0, 0.05) is 4.47 Å². The fourth-order valence-corrected chi connectivity index (χ4v) is 2.01. The van der Waals surface area contributed by atoms with Crippen molar-refractivity contribution in [1.29, 1.82) is 0 Å². The maximum absolute atomic E-state index is 13.4. The summed E-state index contributed by atoms with van der Waals surface area (Å²) in [5.74, 6) is -1.36. The first kappa shape index (κ1) is 17.4. The molecule has 21 heavy (non-hydrogen) atoms. The molecule has 0 heterocycles. The van der Waals surface area contributed by atoms with Crippen LogP contribution < -0.4 is 5.32 Å². The number of halogens is 2. The number of hydrogen-bond acceptors (Lipinski definition) is 4. The fraction of sp³-hybridized carbons (Fsp3) is 0.429. The maximum atomic E-state index is 13.4. The van der Waals surface area contributed by atoms with Crippen molar-refractivity contribution in [3.05, 3.63) is 28.0 Å². The van der Waals surface area contributed by atoms with Gasteiger partial charge in [-0.3, -0.25) is 5.32 Å². The lowest BCUT2D eigenvalue weighted by molar-refractivity contribution is 0.0527. The second-order valence-corrected chi connectivity index (χ2v) is 6.01. The number of carbonyl (C=O) groups excluding carboxylic acids is 2. The Morgan fingerprint density at radius 1 is 1.33 bits per heavy atom. The van der Waals surface area contributed by atoms with Gasteiger partial charge in [0.05, 0.1) is 17.9 Å².